The van der Waals surface area contributed by atoms with E-state index in [1.165, 1.54) is 5.56 Å². The van der Waals surface area contributed by atoms with Crippen LogP contribution in [0.5, 0.6) is 5.75 Å². The molecule has 2 rings (SSSR count). The van der Waals surface area contributed by atoms with Crippen molar-refractivity contribution < 1.29 is 9.53 Å². The molecule has 4 nitrogen and oxygen atoms in total. The first-order chi connectivity index (χ1) is 9.68. The zero-order valence-electron chi connectivity index (χ0n) is 12.7. The van der Waals surface area contributed by atoms with Crippen LogP contribution in [0.4, 0.5) is 0 Å². The first-order valence-electron chi connectivity index (χ1n) is 7.41. The SMILES string of the molecule is CC(C)c1ccccc1OCCNC(=O)C1CCCN1.Cl. The Morgan fingerprint density at radius 3 is 2.86 bits per heavy atom. The fraction of sp³-hybridized carbons (Fsp3) is 0.562. The summed E-state index contributed by atoms with van der Waals surface area (Å²) in [6.07, 6.45) is 2.01. The minimum atomic E-state index is -0.0158. The van der Waals surface area contributed by atoms with Gasteiger partial charge in [-0.15, -0.1) is 12.4 Å². The lowest BCUT2D eigenvalue weighted by Crippen LogP contribution is -2.41. The summed E-state index contributed by atoms with van der Waals surface area (Å²) >= 11 is 0. The zero-order valence-corrected chi connectivity index (χ0v) is 13.5. The van der Waals surface area contributed by atoms with Gasteiger partial charge in [0.2, 0.25) is 5.91 Å². The van der Waals surface area contributed by atoms with Crippen molar-refractivity contribution in [3.8, 4) is 5.75 Å². The van der Waals surface area contributed by atoms with Gasteiger partial charge in [-0.25, -0.2) is 0 Å². The van der Waals surface area contributed by atoms with Gasteiger partial charge in [-0.1, -0.05) is 32.0 Å². The number of hydrogen-bond donors (Lipinski definition) is 2. The number of nitrogens with one attached hydrogen (secondary N) is 2. The average Bonchev–Trinajstić information content (AvgIpc) is 2.98. The molecule has 1 aliphatic rings. The minimum absolute atomic E-state index is 0. The second kappa shape index (κ2) is 8.90. The Bertz CT molecular complexity index is 446. The van der Waals surface area contributed by atoms with Gasteiger partial charge in [-0.2, -0.15) is 0 Å². The molecule has 0 radical (unpaired) electrons. The second-order valence-corrected chi connectivity index (χ2v) is 5.48. The number of hydrogen-bond acceptors (Lipinski definition) is 3. The third-order valence-electron chi connectivity index (χ3n) is 3.58. The molecule has 1 aromatic rings. The summed E-state index contributed by atoms with van der Waals surface area (Å²) in [5.41, 5.74) is 1.20. The number of carbonyl (C=O) groups is 1. The van der Waals surface area contributed by atoms with Crippen LogP contribution < -0.4 is 15.4 Å². The van der Waals surface area contributed by atoms with E-state index in [1.54, 1.807) is 0 Å². The van der Waals surface area contributed by atoms with Crippen LogP contribution in [0.25, 0.3) is 0 Å². The molecular weight excluding hydrogens is 288 g/mol. The molecule has 1 fully saturated rings. The van der Waals surface area contributed by atoms with Crippen LogP contribution in [-0.2, 0) is 4.79 Å². The second-order valence-electron chi connectivity index (χ2n) is 5.48. The monoisotopic (exact) mass is 312 g/mol. The van der Waals surface area contributed by atoms with Crippen LogP contribution in [-0.4, -0.2) is 31.6 Å². The van der Waals surface area contributed by atoms with Gasteiger partial charge in [-0.05, 0) is 36.9 Å². The highest BCUT2D eigenvalue weighted by Crippen LogP contribution is 2.25. The van der Waals surface area contributed by atoms with Gasteiger partial charge in [0.15, 0.2) is 0 Å². The summed E-state index contributed by atoms with van der Waals surface area (Å²) in [6, 6.07) is 8.05. The smallest absolute Gasteiger partial charge is 0.237 e. The predicted octanol–water partition coefficient (Wildman–Crippen LogP) is 2.48. The van der Waals surface area contributed by atoms with E-state index in [0.29, 0.717) is 19.1 Å². The minimum Gasteiger partial charge on any atom is -0.491 e. The molecule has 1 saturated heterocycles. The molecule has 1 unspecified atom stereocenters. The van der Waals surface area contributed by atoms with Crippen molar-refractivity contribution in [2.75, 3.05) is 19.7 Å². The number of ether oxygens (including phenoxy) is 1. The molecule has 1 aliphatic heterocycles. The van der Waals surface area contributed by atoms with E-state index >= 15 is 0 Å². The standard InChI is InChI=1S/C16H24N2O2.ClH/c1-12(2)13-6-3-4-8-15(13)20-11-10-18-16(19)14-7-5-9-17-14;/h3-4,6,8,12,14,17H,5,7,9-11H2,1-2H3,(H,18,19);1H. The fourth-order valence-electron chi connectivity index (χ4n) is 2.46. The Morgan fingerprint density at radius 2 is 2.19 bits per heavy atom. The third kappa shape index (κ3) is 5.21. The van der Waals surface area contributed by atoms with Crippen molar-refractivity contribution >= 4 is 18.3 Å². The highest BCUT2D eigenvalue weighted by molar-refractivity contribution is 5.85. The van der Waals surface area contributed by atoms with E-state index < -0.39 is 0 Å². The van der Waals surface area contributed by atoms with Gasteiger partial charge in [0, 0.05) is 0 Å². The normalized spacial score (nSPS) is 17.4. The number of para-hydroxylation sites is 1. The number of carbonyl (C=O) groups excluding carboxylic acids is 1. The Balaban J connectivity index is 0.00000220. The van der Waals surface area contributed by atoms with Crippen molar-refractivity contribution in [2.45, 2.75) is 38.6 Å². The van der Waals surface area contributed by atoms with Crippen LogP contribution in [0.3, 0.4) is 0 Å². The van der Waals surface area contributed by atoms with Crippen LogP contribution in [0, 0.1) is 0 Å². The molecule has 0 aliphatic carbocycles. The summed E-state index contributed by atoms with van der Waals surface area (Å²) < 4.78 is 5.78. The molecule has 0 bridgehead atoms. The van der Waals surface area contributed by atoms with Gasteiger partial charge >= 0.3 is 0 Å². The van der Waals surface area contributed by atoms with Gasteiger partial charge in [0.25, 0.3) is 0 Å². The fourth-order valence-corrected chi connectivity index (χ4v) is 2.46. The number of benzene rings is 1. The summed E-state index contributed by atoms with van der Waals surface area (Å²) in [5, 5.41) is 6.10. The Labute approximate surface area is 133 Å². The lowest BCUT2D eigenvalue weighted by Gasteiger charge is -2.15. The first kappa shape index (κ1) is 17.8. The maximum Gasteiger partial charge on any atom is 0.237 e. The summed E-state index contributed by atoms with van der Waals surface area (Å²) in [6.45, 7) is 6.29. The molecule has 1 amide bonds. The van der Waals surface area contributed by atoms with E-state index in [2.05, 4.69) is 30.5 Å². The van der Waals surface area contributed by atoms with Crippen LogP contribution in [0.1, 0.15) is 38.2 Å². The topological polar surface area (TPSA) is 50.4 Å². The number of amides is 1. The first-order valence-corrected chi connectivity index (χ1v) is 7.41. The number of halogens is 1. The molecule has 2 N–H and O–H groups in total. The van der Waals surface area contributed by atoms with E-state index in [9.17, 15) is 4.79 Å². The Kier molecular flexibility index (Phi) is 7.54. The van der Waals surface area contributed by atoms with E-state index in [0.717, 1.165) is 25.1 Å². The largest absolute Gasteiger partial charge is 0.491 e. The molecule has 21 heavy (non-hydrogen) atoms. The van der Waals surface area contributed by atoms with Gasteiger partial charge in [0.05, 0.1) is 12.6 Å². The van der Waals surface area contributed by atoms with Gasteiger partial charge in [-0.3, -0.25) is 4.79 Å². The molecule has 1 aromatic carbocycles. The van der Waals surface area contributed by atoms with Crippen molar-refractivity contribution in [3.05, 3.63) is 29.8 Å². The maximum absolute atomic E-state index is 11.8. The lowest BCUT2D eigenvalue weighted by molar-refractivity contribution is -0.122. The van der Waals surface area contributed by atoms with Gasteiger partial charge < -0.3 is 15.4 Å². The van der Waals surface area contributed by atoms with Crippen molar-refractivity contribution in [1.29, 1.82) is 0 Å². The highest BCUT2D eigenvalue weighted by Gasteiger charge is 2.21. The summed E-state index contributed by atoms with van der Waals surface area (Å²) in [4.78, 5) is 11.8. The maximum atomic E-state index is 11.8. The predicted molar refractivity (Wildman–Crippen MR) is 87.3 cm³/mol. The highest BCUT2D eigenvalue weighted by atomic mass is 35.5. The van der Waals surface area contributed by atoms with Crippen molar-refractivity contribution in [1.82, 2.24) is 10.6 Å². The van der Waals surface area contributed by atoms with Crippen LogP contribution >= 0.6 is 12.4 Å². The average molecular weight is 313 g/mol. The summed E-state index contributed by atoms with van der Waals surface area (Å²) in [5.74, 6) is 1.43. The summed E-state index contributed by atoms with van der Waals surface area (Å²) in [7, 11) is 0. The number of rotatable bonds is 6. The van der Waals surface area contributed by atoms with E-state index in [1.807, 2.05) is 18.2 Å². The molecule has 0 saturated carbocycles. The van der Waals surface area contributed by atoms with Crippen molar-refractivity contribution in [2.24, 2.45) is 0 Å². The van der Waals surface area contributed by atoms with E-state index in [-0.39, 0.29) is 24.4 Å². The molecule has 0 aromatic heterocycles. The molecule has 5 heteroatoms. The molecule has 0 spiro atoms. The Morgan fingerprint density at radius 1 is 1.43 bits per heavy atom. The third-order valence-corrected chi connectivity index (χ3v) is 3.58. The molecule has 1 heterocycles. The lowest BCUT2D eigenvalue weighted by atomic mass is 10.0. The molecule has 118 valence electrons. The van der Waals surface area contributed by atoms with Crippen LogP contribution in [0.15, 0.2) is 24.3 Å². The van der Waals surface area contributed by atoms with Crippen LogP contribution in [0.2, 0.25) is 0 Å². The zero-order chi connectivity index (χ0) is 14.4. The molecule has 1 atom stereocenters. The quantitative estimate of drug-likeness (QED) is 0.793. The van der Waals surface area contributed by atoms with Crippen molar-refractivity contribution in [3.63, 3.8) is 0 Å². The van der Waals surface area contributed by atoms with E-state index in [4.69, 9.17) is 4.74 Å². The Hall–Kier alpha value is -1.26. The molecular formula is C16H25ClN2O2. The van der Waals surface area contributed by atoms with Gasteiger partial charge in [0.1, 0.15) is 12.4 Å².